The monoisotopic (exact) mass is 240 g/mol. The first-order chi connectivity index (χ1) is 8.26. The summed E-state index contributed by atoms with van der Waals surface area (Å²) in [4.78, 5) is 9.84. The van der Waals surface area contributed by atoms with E-state index in [1.165, 1.54) is 6.20 Å². The van der Waals surface area contributed by atoms with E-state index in [1.807, 2.05) is 11.8 Å². The van der Waals surface area contributed by atoms with Crippen LogP contribution >= 0.6 is 0 Å². The van der Waals surface area contributed by atoms with Crippen LogP contribution in [-0.4, -0.2) is 40.8 Å². The van der Waals surface area contributed by atoms with Gasteiger partial charge in [-0.05, 0) is 19.8 Å². The first kappa shape index (κ1) is 12.0. The largest absolute Gasteiger partial charge is 0.395 e. The zero-order valence-electron chi connectivity index (χ0n) is 9.86. The number of halogens is 1. The number of aliphatic hydroxyl groups excluding tert-OH is 1. The molecule has 1 aromatic rings. The molecular weight excluding hydrogens is 223 g/mol. The van der Waals surface area contributed by atoms with Crippen molar-refractivity contribution in [3.63, 3.8) is 0 Å². The molecule has 0 spiro atoms. The van der Waals surface area contributed by atoms with Gasteiger partial charge in [0.2, 0.25) is 5.95 Å². The van der Waals surface area contributed by atoms with Crippen molar-refractivity contribution in [2.45, 2.75) is 25.8 Å². The molecule has 5 nitrogen and oxygen atoms in total. The number of hydrogen-bond acceptors (Lipinski definition) is 5. The Bertz CT molecular complexity index is 384. The van der Waals surface area contributed by atoms with Gasteiger partial charge in [-0.15, -0.1) is 0 Å². The maximum Gasteiger partial charge on any atom is 0.224 e. The van der Waals surface area contributed by atoms with Crippen LogP contribution < -0.4 is 10.2 Å². The molecule has 2 rings (SSSR count). The Morgan fingerprint density at radius 1 is 1.59 bits per heavy atom. The van der Waals surface area contributed by atoms with Gasteiger partial charge in [0.05, 0.1) is 12.8 Å². The van der Waals surface area contributed by atoms with Gasteiger partial charge in [-0.2, -0.15) is 4.98 Å². The lowest BCUT2D eigenvalue weighted by atomic mass is 10.4. The number of hydrogen-bond donors (Lipinski definition) is 2. The summed E-state index contributed by atoms with van der Waals surface area (Å²) in [6.45, 7) is 3.02. The van der Waals surface area contributed by atoms with E-state index in [1.54, 1.807) is 0 Å². The van der Waals surface area contributed by atoms with Crippen LogP contribution in [0.2, 0.25) is 0 Å². The van der Waals surface area contributed by atoms with E-state index in [0.717, 1.165) is 12.8 Å². The summed E-state index contributed by atoms with van der Waals surface area (Å²) < 4.78 is 13.7. The number of anilines is 2. The van der Waals surface area contributed by atoms with Crippen molar-refractivity contribution in [3.05, 3.63) is 12.0 Å². The van der Waals surface area contributed by atoms with Gasteiger partial charge in [0.1, 0.15) is 0 Å². The maximum absolute atomic E-state index is 13.7. The first-order valence-electron chi connectivity index (χ1n) is 5.90. The summed E-state index contributed by atoms with van der Waals surface area (Å²) in [5, 5.41) is 12.0. The minimum atomic E-state index is -0.438. The Morgan fingerprint density at radius 2 is 2.35 bits per heavy atom. The molecule has 0 saturated heterocycles. The van der Waals surface area contributed by atoms with E-state index >= 15 is 0 Å². The third kappa shape index (κ3) is 2.82. The Morgan fingerprint density at radius 3 is 2.94 bits per heavy atom. The Hall–Kier alpha value is -1.43. The van der Waals surface area contributed by atoms with Crippen LogP contribution in [0.1, 0.15) is 19.8 Å². The average Bonchev–Trinajstić information content (AvgIpc) is 3.13. The predicted octanol–water partition coefficient (Wildman–Crippen LogP) is 1.01. The molecular formula is C11H17FN4O. The molecule has 94 valence electrons. The van der Waals surface area contributed by atoms with Gasteiger partial charge in [0.25, 0.3) is 0 Å². The fraction of sp³-hybridized carbons (Fsp3) is 0.636. The number of nitrogens with zero attached hydrogens (tertiary/aromatic N) is 3. The summed E-state index contributed by atoms with van der Waals surface area (Å²) >= 11 is 0. The molecule has 1 saturated carbocycles. The molecule has 1 aliphatic carbocycles. The standard InChI is InChI=1S/C11H17FN4O/c1-2-13-11-14-7-9(12)10(15-11)16(5-6-17)8-3-4-8/h7-8,17H,2-6H2,1H3,(H,13,14,15). The molecule has 6 heteroatoms. The molecule has 2 N–H and O–H groups in total. The lowest BCUT2D eigenvalue weighted by Crippen LogP contribution is -2.31. The normalized spacial score (nSPS) is 14.8. The van der Waals surface area contributed by atoms with Crippen molar-refractivity contribution in [2.24, 2.45) is 0 Å². The minimum Gasteiger partial charge on any atom is -0.395 e. The van der Waals surface area contributed by atoms with E-state index in [9.17, 15) is 4.39 Å². The minimum absolute atomic E-state index is 0.00349. The van der Waals surface area contributed by atoms with Crippen LogP contribution in [0.3, 0.4) is 0 Å². The first-order valence-corrected chi connectivity index (χ1v) is 5.90. The molecule has 1 fully saturated rings. The molecule has 1 aromatic heterocycles. The molecule has 0 aromatic carbocycles. The van der Waals surface area contributed by atoms with Gasteiger partial charge < -0.3 is 15.3 Å². The predicted molar refractivity (Wildman–Crippen MR) is 63.6 cm³/mol. The van der Waals surface area contributed by atoms with Crippen LogP contribution in [-0.2, 0) is 0 Å². The fourth-order valence-corrected chi connectivity index (χ4v) is 1.76. The van der Waals surface area contributed by atoms with Gasteiger partial charge >= 0.3 is 0 Å². The summed E-state index contributed by atoms with van der Waals surface area (Å²) in [6.07, 6.45) is 3.23. The zero-order chi connectivity index (χ0) is 12.3. The van der Waals surface area contributed by atoms with E-state index in [2.05, 4.69) is 15.3 Å². The van der Waals surface area contributed by atoms with Gasteiger partial charge in [0, 0.05) is 19.1 Å². The molecule has 0 unspecified atom stereocenters. The van der Waals surface area contributed by atoms with E-state index < -0.39 is 5.82 Å². The van der Waals surface area contributed by atoms with Crippen molar-refractivity contribution in [2.75, 3.05) is 29.9 Å². The quantitative estimate of drug-likeness (QED) is 0.777. The highest BCUT2D eigenvalue weighted by atomic mass is 19.1. The van der Waals surface area contributed by atoms with Crippen molar-refractivity contribution < 1.29 is 9.50 Å². The summed E-state index contributed by atoms with van der Waals surface area (Å²) in [7, 11) is 0. The second-order valence-electron chi connectivity index (χ2n) is 4.04. The highest BCUT2D eigenvalue weighted by molar-refractivity contribution is 5.46. The Kier molecular flexibility index (Phi) is 3.73. The Balaban J connectivity index is 2.23. The zero-order valence-corrected chi connectivity index (χ0v) is 9.86. The third-order valence-corrected chi connectivity index (χ3v) is 2.66. The molecule has 1 heterocycles. The van der Waals surface area contributed by atoms with Crippen LogP contribution in [0.5, 0.6) is 0 Å². The lowest BCUT2D eigenvalue weighted by Gasteiger charge is -2.23. The van der Waals surface area contributed by atoms with Crippen molar-refractivity contribution in [3.8, 4) is 0 Å². The lowest BCUT2D eigenvalue weighted by molar-refractivity contribution is 0.300. The van der Waals surface area contributed by atoms with Gasteiger partial charge in [0.15, 0.2) is 11.6 Å². The summed E-state index contributed by atoms with van der Waals surface area (Å²) in [5.74, 6) is 0.270. The second kappa shape index (κ2) is 5.27. The van der Waals surface area contributed by atoms with E-state index in [4.69, 9.17) is 5.11 Å². The summed E-state index contributed by atoms with van der Waals surface area (Å²) in [5.41, 5.74) is 0. The van der Waals surface area contributed by atoms with E-state index in [-0.39, 0.29) is 12.4 Å². The number of aliphatic hydroxyl groups is 1. The highest BCUT2D eigenvalue weighted by Crippen LogP contribution is 2.31. The molecule has 0 amide bonds. The average molecular weight is 240 g/mol. The SMILES string of the molecule is CCNc1ncc(F)c(N(CCO)C2CC2)n1. The maximum atomic E-state index is 13.7. The van der Waals surface area contributed by atoms with Crippen LogP contribution in [0.15, 0.2) is 6.20 Å². The third-order valence-electron chi connectivity index (χ3n) is 2.66. The number of nitrogens with one attached hydrogen (secondary N) is 1. The second-order valence-corrected chi connectivity index (χ2v) is 4.04. The van der Waals surface area contributed by atoms with Crippen molar-refractivity contribution in [1.82, 2.24) is 9.97 Å². The molecule has 17 heavy (non-hydrogen) atoms. The topological polar surface area (TPSA) is 61.3 Å². The molecule has 0 aliphatic heterocycles. The Labute approximate surface area is 99.7 Å². The molecule has 0 radical (unpaired) electrons. The smallest absolute Gasteiger partial charge is 0.224 e. The van der Waals surface area contributed by atoms with Gasteiger partial charge in [-0.3, -0.25) is 0 Å². The number of aromatic nitrogens is 2. The molecule has 1 aliphatic rings. The molecule has 0 bridgehead atoms. The number of rotatable bonds is 6. The van der Waals surface area contributed by atoms with Crippen molar-refractivity contribution in [1.29, 1.82) is 0 Å². The molecule has 0 atom stereocenters. The van der Waals surface area contributed by atoms with Crippen LogP contribution in [0.4, 0.5) is 16.2 Å². The summed E-state index contributed by atoms with van der Waals surface area (Å²) in [6, 6.07) is 0.307. The van der Waals surface area contributed by atoms with Gasteiger partial charge in [-0.25, -0.2) is 9.37 Å². The van der Waals surface area contributed by atoms with Crippen molar-refractivity contribution >= 4 is 11.8 Å². The van der Waals surface area contributed by atoms with Crippen LogP contribution in [0.25, 0.3) is 0 Å². The van der Waals surface area contributed by atoms with Crippen LogP contribution in [0, 0.1) is 5.82 Å². The van der Waals surface area contributed by atoms with E-state index in [0.29, 0.717) is 25.1 Å². The van der Waals surface area contributed by atoms with Gasteiger partial charge in [-0.1, -0.05) is 0 Å². The highest BCUT2D eigenvalue weighted by Gasteiger charge is 2.31. The fourth-order valence-electron chi connectivity index (χ4n) is 1.76.